The summed E-state index contributed by atoms with van der Waals surface area (Å²) in [7, 11) is 1.76. The van der Waals surface area contributed by atoms with Gasteiger partial charge >= 0.3 is 0 Å². The van der Waals surface area contributed by atoms with Crippen LogP contribution in [0.5, 0.6) is 0 Å². The van der Waals surface area contributed by atoms with E-state index in [0.29, 0.717) is 19.4 Å². The van der Waals surface area contributed by atoms with Crippen molar-refractivity contribution < 1.29 is 9.59 Å². The highest BCUT2D eigenvalue weighted by molar-refractivity contribution is 5.82. The highest BCUT2D eigenvalue weighted by Crippen LogP contribution is 2.11. The van der Waals surface area contributed by atoms with Crippen molar-refractivity contribution in [1.82, 2.24) is 10.2 Å². The van der Waals surface area contributed by atoms with Crippen LogP contribution in [-0.4, -0.2) is 42.4 Å². The van der Waals surface area contributed by atoms with E-state index in [-0.39, 0.29) is 23.8 Å². The number of rotatable bonds is 4. The largest absolute Gasteiger partial charge is 0.350 e. The number of nitrogens with zero attached hydrogens (tertiary/aromatic N) is 1. The molecular formula is C12H23N3O2. The normalized spacial score (nSPS) is 24.4. The summed E-state index contributed by atoms with van der Waals surface area (Å²) >= 11 is 0. The van der Waals surface area contributed by atoms with Crippen molar-refractivity contribution in [3.63, 3.8) is 0 Å². The summed E-state index contributed by atoms with van der Waals surface area (Å²) in [5.74, 6) is 0.215. The van der Waals surface area contributed by atoms with E-state index >= 15 is 0 Å². The molecule has 98 valence electrons. The van der Waals surface area contributed by atoms with E-state index < -0.39 is 6.04 Å². The molecule has 0 aromatic heterocycles. The number of likely N-dealkylation sites (N-methyl/N-ethyl adjacent to an activating group) is 1. The predicted octanol–water partition coefficient (Wildman–Crippen LogP) is 0.0968. The van der Waals surface area contributed by atoms with Crippen LogP contribution in [0.3, 0.4) is 0 Å². The fourth-order valence-corrected chi connectivity index (χ4v) is 1.94. The first-order chi connectivity index (χ1) is 7.95. The Hall–Kier alpha value is -1.10. The Balaban J connectivity index is 2.44. The number of hydrogen-bond acceptors (Lipinski definition) is 3. The quantitative estimate of drug-likeness (QED) is 0.733. The number of hydrogen-bond donors (Lipinski definition) is 2. The summed E-state index contributed by atoms with van der Waals surface area (Å²) < 4.78 is 0. The van der Waals surface area contributed by atoms with Crippen molar-refractivity contribution in [3.05, 3.63) is 0 Å². The highest BCUT2D eigenvalue weighted by atomic mass is 16.2. The van der Waals surface area contributed by atoms with Crippen molar-refractivity contribution in [1.29, 1.82) is 0 Å². The van der Waals surface area contributed by atoms with Gasteiger partial charge in [-0.3, -0.25) is 9.59 Å². The molecule has 17 heavy (non-hydrogen) atoms. The number of piperidine rings is 1. The Kier molecular flexibility index (Phi) is 4.93. The molecule has 0 aromatic rings. The van der Waals surface area contributed by atoms with Gasteiger partial charge in [-0.2, -0.15) is 0 Å². The summed E-state index contributed by atoms with van der Waals surface area (Å²) in [6.45, 7) is 4.57. The molecule has 1 saturated heterocycles. The molecule has 1 rings (SSSR count). The molecule has 1 aliphatic heterocycles. The number of nitrogens with two attached hydrogens (primary N) is 1. The third kappa shape index (κ3) is 3.70. The molecule has 0 bridgehead atoms. The number of nitrogens with one attached hydrogen (secondary N) is 1. The Morgan fingerprint density at radius 3 is 2.82 bits per heavy atom. The number of likely N-dealkylation sites (tertiary alicyclic amines) is 1. The zero-order chi connectivity index (χ0) is 13.0. The van der Waals surface area contributed by atoms with Crippen LogP contribution in [0.2, 0.25) is 0 Å². The number of carbonyl (C=O) groups is 2. The molecule has 5 heteroatoms. The molecule has 2 amide bonds. The van der Waals surface area contributed by atoms with Crippen LogP contribution < -0.4 is 11.1 Å². The van der Waals surface area contributed by atoms with Gasteiger partial charge in [0.15, 0.2) is 0 Å². The molecule has 0 radical (unpaired) electrons. The molecule has 0 aromatic carbocycles. The van der Waals surface area contributed by atoms with Crippen LogP contribution in [0.25, 0.3) is 0 Å². The van der Waals surface area contributed by atoms with Gasteiger partial charge in [-0.25, -0.2) is 0 Å². The standard InChI is InChI=1S/C12H23N3O2/c1-4-8(2)11(13)12(17)14-9-5-6-10(16)15(3)7-9/h8-9,11H,4-7,13H2,1-3H3,(H,14,17). The second-order valence-electron chi connectivity index (χ2n) is 4.93. The van der Waals surface area contributed by atoms with Crippen LogP contribution in [0.4, 0.5) is 0 Å². The maximum atomic E-state index is 11.9. The first kappa shape index (κ1) is 14.0. The average molecular weight is 241 g/mol. The lowest BCUT2D eigenvalue weighted by Gasteiger charge is -2.31. The number of carbonyl (C=O) groups excluding carboxylic acids is 2. The van der Waals surface area contributed by atoms with Crippen molar-refractivity contribution in [2.45, 2.75) is 45.2 Å². The van der Waals surface area contributed by atoms with Gasteiger partial charge < -0.3 is 16.0 Å². The zero-order valence-electron chi connectivity index (χ0n) is 10.9. The Labute approximate surface area is 103 Å². The monoisotopic (exact) mass is 241 g/mol. The second kappa shape index (κ2) is 6.00. The first-order valence-corrected chi connectivity index (χ1v) is 6.25. The lowest BCUT2D eigenvalue weighted by atomic mass is 9.98. The van der Waals surface area contributed by atoms with Gasteiger partial charge in [-0.15, -0.1) is 0 Å². The van der Waals surface area contributed by atoms with Crippen molar-refractivity contribution in [2.24, 2.45) is 11.7 Å². The molecule has 1 aliphatic rings. The highest BCUT2D eigenvalue weighted by Gasteiger charge is 2.27. The minimum atomic E-state index is -0.456. The summed E-state index contributed by atoms with van der Waals surface area (Å²) in [6.07, 6.45) is 2.10. The summed E-state index contributed by atoms with van der Waals surface area (Å²) in [4.78, 5) is 24.8. The average Bonchev–Trinajstić information content (AvgIpc) is 2.31. The molecule has 0 spiro atoms. The molecule has 3 atom stereocenters. The van der Waals surface area contributed by atoms with Gasteiger partial charge in [-0.1, -0.05) is 20.3 Å². The van der Waals surface area contributed by atoms with Crippen molar-refractivity contribution >= 4 is 11.8 Å². The van der Waals surface area contributed by atoms with Crippen molar-refractivity contribution in [3.8, 4) is 0 Å². The third-order valence-electron chi connectivity index (χ3n) is 3.53. The fraction of sp³-hybridized carbons (Fsp3) is 0.833. The van der Waals surface area contributed by atoms with Crippen LogP contribution in [0, 0.1) is 5.92 Å². The topological polar surface area (TPSA) is 75.4 Å². The molecule has 3 N–H and O–H groups in total. The Morgan fingerprint density at radius 2 is 2.29 bits per heavy atom. The molecular weight excluding hydrogens is 218 g/mol. The molecule has 0 aliphatic carbocycles. The smallest absolute Gasteiger partial charge is 0.237 e. The van der Waals surface area contributed by atoms with Gasteiger partial charge in [0.05, 0.1) is 6.04 Å². The summed E-state index contributed by atoms with van der Waals surface area (Å²) in [5.41, 5.74) is 5.86. The van der Waals surface area contributed by atoms with E-state index in [1.807, 2.05) is 13.8 Å². The lowest BCUT2D eigenvalue weighted by molar-refractivity contribution is -0.134. The van der Waals surface area contributed by atoms with Gasteiger partial charge in [0.25, 0.3) is 0 Å². The predicted molar refractivity (Wildman–Crippen MR) is 66.2 cm³/mol. The SMILES string of the molecule is CCC(C)C(N)C(=O)NC1CCC(=O)N(C)C1. The molecule has 0 saturated carbocycles. The molecule has 5 nitrogen and oxygen atoms in total. The van der Waals surface area contributed by atoms with E-state index in [0.717, 1.165) is 6.42 Å². The van der Waals surface area contributed by atoms with E-state index in [2.05, 4.69) is 5.32 Å². The van der Waals surface area contributed by atoms with E-state index in [4.69, 9.17) is 5.73 Å². The minimum absolute atomic E-state index is 0.0420. The third-order valence-corrected chi connectivity index (χ3v) is 3.53. The van der Waals surface area contributed by atoms with E-state index in [9.17, 15) is 9.59 Å². The maximum Gasteiger partial charge on any atom is 0.237 e. The van der Waals surface area contributed by atoms with Crippen LogP contribution in [0.15, 0.2) is 0 Å². The number of amides is 2. The lowest BCUT2D eigenvalue weighted by Crippen LogP contribution is -2.53. The second-order valence-corrected chi connectivity index (χ2v) is 4.93. The molecule has 1 fully saturated rings. The van der Waals surface area contributed by atoms with Crippen molar-refractivity contribution in [2.75, 3.05) is 13.6 Å². The van der Waals surface area contributed by atoms with Crippen LogP contribution in [-0.2, 0) is 9.59 Å². The summed E-state index contributed by atoms with van der Waals surface area (Å²) in [6, 6.07) is -0.414. The van der Waals surface area contributed by atoms with Crippen LogP contribution >= 0.6 is 0 Å². The Morgan fingerprint density at radius 1 is 1.65 bits per heavy atom. The Bertz CT molecular complexity index is 293. The zero-order valence-corrected chi connectivity index (χ0v) is 10.9. The molecule has 1 heterocycles. The van der Waals surface area contributed by atoms with E-state index in [1.54, 1.807) is 11.9 Å². The minimum Gasteiger partial charge on any atom is -0.350 e. The van der Waals surface area contributed by atoms with Crippen LogP contribution in [0.1, 0.15) is 33.1 Å². The van der Waals surface area contributed by atoms with Gasteiger partial charge in [-0.05, 0) is 12.3 Å². The fourth-order valence-electron chi connectivity index (χ4n) is 1.94. The molecule has 3 unspecified atom stereocenters. The van der Waals surface area contributed by atoms with Gasteiger partial charge in [0.2, 0.25) is 11.8 Å². The maximum absolute atomic E-state index is 11.9. The van der Waals surface area contributed by atoms with E-state index in [1.165, 1.54) is 0 Å². The summed E-state index contributed by atoms with van der Waals surface area (Å²) in [5, 5.41) is 2.93. The van der Waals surface area contributed by atoms with Gasteiger partial charge in [0.1, 0.15) is 0 Å². The first-order valence-electron chi connectivity index (χ1n) is 6.25. The van der Waals surface area contributed by atoms with Gasteiger partial charge in [0, 0.05) is 26.1 Å².